The first-order valence-electron chi connectivity index (χ1n) is 12.1. The summed E-state index contributed by atoms with van der Waals surface area (Å²) in [5.41, 5.74) is 0. The number of carbonyl (C=O) groups is 1. The van der Waals surface area contributed by atoms with Crippen molar-refractivity contribution in [3.8, 4) is 0 Å². The van der Waals surface area contributed by atoms with Crippen molar-refractivity contribution in [1.82, 2.24) is 0 Å². The lowest BCUT2D eigenvalue weighted by molar-refractivity contribution is -0.125. The number of hydrogen-bond donors (Lipinski definition) is 1. The molecule has 28 heavy (non-hydrogen) atoms. The summed E-state index contributed by atoms with van der Waals surface area (Å²) in [6.07, 6.45) is 19.5. The lowest BCUT2D eigenvalue weighted by atomic mass is 10.0. The van der Waals surface area contributed by atoms with E-state index in [0.29, 0.717) is 6.61 Å². The van der Waals surface area contributed by atoms with E-state index in [4.69, 9.17) is 4.74 Å². The summed E-state index contributed by atoms with van der Waals surface area (Å²) in [4.78, 5) is 11.9. The summed E-state index contributed by atoms with van der Waals surface area (Å²) < 4.78 is 5.65. The lowest BCUT2D eigenvalue weighted by Crippen LogP contribution is -2.32. The molecule has 0 bridgehead atoms. The van der Waals surface area contributed by atoms with Crippen LogP contribution < -0.4 is 0 Å². The molecule has 2 atom stereocenters. The number of carbonyl (C=O) groups excluding carboxylic acids is 1. The average molecular weight is 417 g/mol. The Balaban J connectivity index is 3.35. The molecule has 1 N–H and O–H groups in total. The Kier molecular flexibility index (Phi) is 21.6. The zero-order valence-corrected chi connectivity index (χ0v) is 19.9. The Bertz CT molecular complexity index is 336. The molecule has 0 saturated carbocycles. The van der Waals surface area contributed by atoms with Crippen molar-refractivity contribution in [3.05, 3.63) is 0 Å². The van der Waals surface area contributed by atoms with E-state index in [1.807, 2.05) is 0 Å². The van der Waals surface area contributed by atoms with Gasteiger partial charge in [0.15, 0.2) is 0 Å². The van der Waals surface area contributed by atoms with Gasteiger partial charge in [-0.3, -0.25) is 4.79 Å². The van der Waals surface area contributed by atoms with E-state index < -0.39 is 12.2 Å². The fraction of sp³-hybridized carbons (Fsp3) is 0.958. The highest BCUT2D eigenvalue weighted by atomic mass is 32.2. The summed E-state index contributed by atoms with van der Waals surface area (Å²) in [6, 6.07) is 0. The molecule has 0 aliphatic carbocycles. The van der Waals surface area contributed by atoms with E-state index in [9.17, 15) is 9.90 Å². The van der Waals surface area contributed by atoms with Gasteiger partial charge >= 0.3 is 0 Å². The van der Waals surface area contributed by atoms with Crippen LogP contribution in [0.5, 0.6) is 0 Å². The Morgan fingerprint density at radius 3 is 1.64 bits per heavy atom. The van der Waals surface area contributed by atoms with Crippen molar-refractivity contribution in [1.29, 1.82) is 0 Å². The first-order chi connectivity index (χ1) is 13.6. The Morgan fingerprint density at radius 2 is 1.18 bits per heavy atom. The minimum absolute atomic E-state index is 0.151. The van der Waals surface area contributed by atoms with E-state index in [0.717, 1.165) is 25.0 Å². The van der Waals surface area contributed by atoms with Crippen LogP contribution in [0.1, 0.15) is 124 Å². The molecular weight excluding hydrogens is 368 g/mol. The minimum Gasteiger partial charge on any atom is -0.382 e. The van der Waals surface area contributed by atoms with Crippen molar-refractivity contribution < 1.29 is 14.6 Å². The summed E-state index contributed by atoms with van der Waals surface area (Å²) in [7, 11) is 0. The zero-order chi connectivity index (χ0) is 20.9. The second-order valence-electron chi connectivity index (χ2n) is 8.14. The standard InChI is InChI=1S/C24H48O3S/c1-4-6-8-9-10-11-12-13-14-15-16-17-18-19-20-27-22(3)23(25)24(26)28-21-7-5-2/h22-23,25H,4-21H2,1-3H3/t22?,23-/m0/s1. The molecule has 0 aliphatic rings. The van der Waals surface area contributed by atoms with Crippen molar-refractivity contribution in [3.63, 3.8) is 0 Å². The van der Waals surface area contributed by atoms with Gasteiger partial charge in [0, 0.05) is 12.4 Å². The Hall–Kier alpha value is -0.0600. The number of unbranched alkanes of at least 4 members (excludes halogenated alkanes) is 14. The minimum atomic E-state index is -0.992. The van der Waals surface area contributed by atoms with E-state index in [1.54, 1.807) is 6.92 Å². The van der Waals surface area contributed by atoms with Gasteiger partial charge in [-0.05, 0) is 19.8 Å². The Morgan fingerprint density at radius 1 is 0.750 bits per heavy atom. The highest BCUT2D eigenvalue weighted by molar-refractivity contribution is 8.13. The van der Waals surface area contributed by atoms with Crippen molar-refractivity contribution in [2.24, 2.45) is 0 Å². The second-order valence-corrected chi connectivity index (χ2v) is 9.24. The maximum Gasteiger partial charge on any atom is 0.220 e. The number of ether oxygens (including phenoxy) is 1. The second kappa shape index (κ2) is 21.6. The van der Waals surface area contributed by atoms with E-state index in [1.165, 1.54) is 95.2 Å². The molecule has 168 valence electrons. The molecule has 0 amide bonds. The third-order valence-electron chi connectivity index (χ3n) is 5.31. The fourth-order valence-corrected chi connectivity index (χ4v) is 4.25. The van der Waals surface area contributed by atoms with Crippen LogP contribution in [-0.2, 0) is 9.53 Å². The smallest absolute Gasteiger partial charge is 0.220 e. The van der Waals surface area contributed by atoms with Gasteiger partial charge in [0.2, 0.25) is 5.12 Å². The molecule has 1 unspecified atom stereocenters. The Labute approximate surface area is 179 Å². The summed E-state index contributed by atoms with van der Waals surface area (Å²) in [5.74, 6) is 0.790. The van der Waals surface area contributed by atoms with Crippen molar-refractivity contribution in [2.75, 3.05) is 12.4 Å². The molecule has 0 aliphatic heterocycles. The lowest BCUT2D eigenvalue weighted by Gasteiger charge is -2.18. The van der Waals surface area contributed by atoms with Crippen LogP contribution in [0.25, 0.3) is 0 Å². The monoisotopic (exact) mass is 416 g/mol. The van der Waals surface area contributed by atoms with Crippen molar-refractivity contribution >= 4 is 16.9 Å². The summed E-state index contributed by atoms with van der Waals surface area (Å²) >= 11 is 1.23. The van der Waals surface area contributed by atoms with Gasteiger partial charge in [-0.15, -0.1) is 0 Å². The third kappa shape index (κ3) is 18.0. The van der Waals surface area contributed by atoms with E-state index >= 15 is 0 Å². The van der Waals surface area contributed by atoms with E-state index in [2.05, 4.69) is 13.8 Å². The number of hydrogen-bond acceptors (Lipinski definition) is 4. The number of thioether (sulfide) groups is 1. The molecule has 0 radical (unpaired) electrons. The number of aliphatic hydroxyl groups is 1. The predicted molar refractivity (Wildman–Crippen MR) is 124 cm³/mol. The molecule has 4 heteroatoms. The van der Waals surface area contributed by atoms with Gasteiger partial charge < -0.3 is 9.84 Å². The van der Waals surface area contributed by atoms with E-state index in [-0.39, 0.29) is 5.12 Å². The number of rotatable bonds is 21. The van der Waals surface area contributed by atoms with Crippen molar-refractivity contribution in [2.45, 2.75) is 136 Å². The van der Waals surface area contributed by atoms with Crippen LogP contribution in [0.2, 0.25) is 0 Å². The SMILES string of the molecule is CCCCCCCCCCCCCCCCOC(C)[C@H](O)C(=O)SCCCC. The third-order valence-corrected chi connectivity index (χ3v) is 6.33. The van der Waals surface area contributed by atoms with Gasteiger partial charge in [0.25, 0.3) is 0 Å². The zero-order valence-electron chi connectivity index (χ0n) is 19.1. The van der Waals surface area contributed by atoms with Gasteiger partial charge in [0.1, 0.15) is 6.10 Å². The molecule has 0 fully saturated rings. The highest BCUT2D eigenvalue weighted by Crippen LogP contribution is 2.15. The van der Waals surface area contributed by atoms with Crippen LogP contribution in [-0.4, -0.2) is 34.8 Å². The van der Waals surface area contributed by atoms with Gasteiger partial charge in [-0.2, -0.15) is 0 Å². The maximum absolute atomic E-state index is 11.9. The maximum atomic E-state index is 11.9. The van der Waals surface area contributed by atoms with Crippen LogP contribution in [0.3, 0.4) is 0 Å². The first kappa shape index (κ1) is 27.9. The molecule has 0 aromatic heterocycles. The molecule has 0 aromatic rings. The van der Waals surface area contributed by atoms with Gasteiger partial charge in [-0.25, -0.2) is 0 Å². The number of aliphatic hydroxyl groups excluding tert-OH is 1. The largest absolute Gasteiger partial charge is 0.382 e. The molecule has 0 aromatic carbocycles. The van der Waals surface area contributed by atoms with Crippen LogP contribution in [0.15, 0.2) is 0 Å². The fourth-order valence-electron chi connectivity index (χ4n) is 3.25. The van der Waals surface area contributed by atoms with Crippen LogP contribution in [0.4, 0.5) is 0 Å². The normalized spacial score (nSPS) is 13.6. The summed E-state index contributed by atoms with van der Waals surface area (Å²) in [5, 5.41) is 9.85. The highest BCUT2D eigenvalue weighted by Gasteiger charge is 2.22. The van der Waals surface area contributed by atoms with Gasteiger partial charge in [-0.1, -0.05) is 116 Å². The molecule has 0 heterocycles. The topological polar surface area (TPSA) is 46.5 Å². The molecule has 0 saturated heterocycles. The molecule has 3 nitrogen and oxygen atoms in total. The first-order valence-corrected chi connectivity index (χ1v) is 13.1. The quantitative estimate of drug-likeness (QED) is 0.199. The van der Waals surface area contributed by atoms with Crippen LogP contribution in [0, 0.1) is 0 Å². The molecule has 0 rings (SSSR count). The van der Waals surface area contributed by atoms with Crippen LogP contribution >= 0.6 is 11.8 Å². The summed E-state index contributed by atoms with van der Waals surface area (Å²) in [6.45, 7) is 6.81. The molecule has 0 spiro atoms. The molecular formula is C24H48O3S. The predicted octanol–water partition coefficient (Wildman–Crippen LogP) is 7.29. The average Bonchev–Trinajstić information content (AvgIpc) is 2.70. The van der Waals surface area contributed by atoms with Gasteiger partial charge in [0.05, 0.1) is 6.10 Å².